The van der Waals surface area contributed by atoms with Gasteiger partial charge in [-0.3, -0.25) is 4.79 Å². The van der Waals surface area contributed by atoms with E-state index in [1.165, 1.54) is 0 Å². The predicted molar refractivity (Wildman–Crippen MR) is 54.6 cm³/mol. The van der Waals surface area contributed by atoms with Gasteiger partial charge >= 0.3 is 5.97 Å². The number of rotatable bonds is 2. The fraction of sp³-hybridized carbons (Fsp3) is 0.600. The Hall–Kier alpha value is -1.36. The quantitative estimate of drug-likeness (QED) is 0.742. The van der Waals surface area contributed by atoms with Crippen LogP contribution in [-0.4, -0.2) is 26.7 Å². The van der Waals surface area contributed by atoms with Crippen LogP contribution in [0.2, 0.25) is 0 Å². The first-order valence-electron chi connectivity index (χ1n) is 5.11. The molecule has 1 aliphatic rings. The lowest BCUT2D eigenvalue weighted by Gasteiger charge is -2.27. The van der Waals surface area contributed by atoms with Gasteiger partial charge < -0.3 is 15.4 Å². The van der Waals surface area contributed by atoms with Crippen molar-refractivity contribution in [3.63, 3.8) is 0 Å². The van der Waals surface area contributed by atoms with Gasteiger partial charge in [-0.1, -0.05) is 0 Å². The first-order chi connectivity index (χ1) is 7.11. The standard InChI is InChI=1S/C10H15N3O2/c1-6-12-5-8-7(9(11)10(14)15)3-2-4-13(6)8/h5,7,9H,2-4,11H2,1H3,(H,14,15). The molecule has 0 spiro atoms. The number of fused-ring (bicyclic) bond motifs is 1. The van der Waals surface area contributed by atoms with Crippen LogP contribution in [0.4, 0.5) is 0 Å². The van der Waals surface area contributed by atoms with Crippen LogP contribution in [0.15, 0.2) is 6.20 Å². The average molecular weight is 209 g/mol. The molecule has 5 nitrogen and oxygen atoms in total. The number of carboxylic acid groups (broad SMARTS) is 1. The zero-order chi connectivity index (χ0) is 11.0. The van der Waals surface area contributed by atoms with E-state index in [0.29, 0.717) is 0 Å². The van der Waals surface area contributed by atoms with Crippen LogP contribution in [0.1, 0.15) is 30.3 Å². The molecule has 1 aromatic rings. The first kappa shape index (κ1) is 10.2. The third kappa shape index (κ3) is 1.63. The van der Waals surface area contributed by atoms with E-state index in [9.17, 15) is 4.79 Å². The van der Waals surface area contributed by atoms with E-state index in [2.05, 4.69) is 9.55 Å². The van der Waals surface area contributed by atoms with E-state index in [4.69, 9.17) is 10.8 Å². The van der Waals surface area contributed by atoms with Crippen LogP contribution in [0.3, 0.4) is 0 Å². The molecule has 0 saturated carbocycles. The van der Waals surface area contributed by atoms with E-state index in [1.807, 2.05) is 6.92 Å². The highest BCUT2D eigenvalue weighted by Gasteiger charge is 2.31. The molecule has 0 bridgehead atoms. The molecule has 82 valence electrons. The summed E-state index contributed by atoms with van der Waals surface area (Å²) < 4.78 is 2.07. The van der Waals surface area contributed by atoms with Gasteiger partial charge in [0.05, 0.1) is 0 Å². The van der Waals surface area contributed by atoms with Crippen molar-refractivity contribution in [2.75, 3.05) is 0 Å². The lowest BCUT2D eigenvalue weighted by molar-refractivity contribution is -0.139. The van der Waals surface area contributed by atoms with Crippen molar-refractivity contribution in [1.29, 1.82) is 0 Å². The SMILES string of the molecule is Cc1ncc2n1CCCC2C(N)C(=O)O. The summed E-state index contributed by atoms with van der Waals surface area (Å²) in [5, 5.41) is 8.91. The smallest absolute Gasteiger partial charge is 0.321 e. The summed E-state index contributed by atoms with van der Waals surface area (Å²) in [6.45, 7) is 2.85. The summed E-state index contributed by atoms with van der Waals surface area (Å²) >= 11 is 0. The predicted octanol–water partition coefficient (Wildman–Crippen LogP) is 0.481. The van der Waals surface area contributed by atoms with Gasteiger partial charge in [0.2, 0.25) is 0 Å². The Balaban J connectivity index is 2.34. The first-order valence-corrected chi connectivity index (χ1v) is 5.11. The van der Waals surface area contributed by atoms with E-state index in [0.717, 1.165) is 30.9 Å². The lowest BCUT2D eigenvalue weighted by Crippen LogP contribution is -2.39. The van der Waals surface area contributed by atoms with Gasteiger partial charge in [0.15, 0.2) is 0 Å². The van der Waals surface area contributed by atoms with Crippen molar-refractivity contribution in [2.45, 2.75) is 38.3 Å². The zero-order valence-electron chi connectivity index (χ0n) is 8.68. The molecule has 2 heterocycles. The second-order valence-electron chi connectivity index (χ2n) is 3.99. The van der Waals surface area contributed by atoms with Crippen LogP contribution in [0.25, 0.3) is 0 Å². The molecule has 0 aromatic carbocycles. The molecule has 1 aliphatic heterocycles. The highest BCUT2D eigenvalue weighted by atomic mass is 16.4. The maximum atomic E-state index is 10.9. The second kappa shape index (κ2) is 3.66. The van der Waals surface area contributed by atoms with Gasteiger partial charge in [-0.15, -0.1) is 0 Å². The van der Waals surface area contributed by atoms with Gasteiger partial charge in [0.25, 0.3) is 0 Å². The Labute approximate surface area is 87.9 Å². The molecular weight excluding hydrogens is 194 g/mol. The Kier molecular flexibility index (Phi) is 2.48. The maximum absolute atomic E-state index is 10.9. The number of hydrogen-bond acceptors (Lipinski definition) is 3. The van der Waals surface area contributed by atoms with Crippen molar-refractivity contribution < 1.29 is 9.90 Å². The number of carbonyl (C=O) groups is 1. The molecule has 0 aliphatic carbocycles. The van der Waals surface area contributed by atoms with E-state index >= 15 is 0 Å². The molecule has 2 unspecified atom stereocenters. The van der Waals surface area contributed by atoms with E-state index in [1.54, 1.807) is 6.20 Å². The van der Waals surface area contributed by atoms with Gasteiger partial charge in [-0.2, -0.15) is 0 Å². The molecule has 1 aromatic heterocycles. The summed E-state index contributed by atoms with van der Waals surface area (Å²) in [4.78, 5) is 15.1. The number of nitrogens with zero attached hydrogens (tertiary/aromatic N) is 2. The average Bonchev–Trinajstić information content (AvgIpc) is 2.59. The molecule has 0 amide bonds. The molecule has 15 heavy (non-hydrogen) atoms. The topological polar surface area (TPSA) is 81.1 Å². The van der Waals surface area contributed by atoms with Crippen LogP contribution < -0.4 is 5.73 Å². The molecule has 2 rings (SSSR count). The number of aryl methyl sites for hydroxylation is 1. The Morgan fingerprint density at radius 3 is 3.20 bits per heavy atom. The normalized spacial score (nSPS) is 22.1. The molecule has 0 radical (unpaired) electrons. The van der Waals surface area contributed by atoms with Crippen molar-refractivity contribution >= 4 is 5.97 Å². The number of carboxylic acids is 1. The fourth-order valence-electron chi connectivity index (χ4n) is 2.23. The fourth-order valence-corrected chi connectivity index (χ4v) is 2.23. The number of imidazole rings is 1. The van der Waals surface area contributed by atoms with Crippen molar-refractivity contribution in [1.82, 2.24) is 9.55 Å². The minimum atomic E-state index is -0.938. The van der Waals surface area contributed by atoms with Crippen molar-refractivity contribution in [3.05, 3.63) is 17.7 Å². The summed E-state index contributed by atoms with van der Waals surface area (Å²) in [5.41, 5.74) is 6.64. The Bertz CT molecular complexity index is 386. The van der Waals surface area contributed by atoms with E-state index in [-0.39, 0.29) is 5.92 Å². The van der Waals surface area contributed by atoms with Crippen molar-refractivity contribution in [2.24, 2.45) is 5.73 Å². The monoisotopic (exact) mass is 209 g/mol. The zero-order valence-corrected chi connectivity index (χ0v) is 8.68. The summed E-state index contributed by atoms with van der Waals surface area (Å²) in [6, 6.07) is -0.819. The van der Waals surface area contributed by atoms with Crippen LogP contribution in [0.5, 0.6) is 0 Å². The summed E-state index contributed by atoms with van der Waals surface area (Å²) in [6.07, 6.45) is 3.55. The minimum Gasteiger partial charge on any atom is -0.480 e. The van der Waals surface area contributed by atoms with Crippen LogP contribution in [-0.2, 0) is 11.3 Å². The highest BCUT2D eigenvalue weighted by molar-refractivity contribution is 5.74. The number of hydrogen-bond donors (Lipinski definition) is 2. The number of aromatic nitrogens is 2. The summed E-state index contributed by atoms with van der Waals surface area (Å²) in [7, 11) is 0. The van der Waals surface area contributed by atoms with Crippen LogP contribution >= 0.6 is 0 Å². The Morgan fingerprint density at radius 2 is 2.53 bits per heavy atom. The molecule has 5 heteroatoms. The molecule has 2 atom stereocenters. The molecule has 0 fully saturated rings. The minimum absolute atomic E-state index is 0.0996. The number of aliphatic carboxylic acids is 1. The third-order valence-electron chi connectivity index (χ3n) is 3.08. The van der Waals surface area contributed by atoms with Crippen LogP contribution in [0, 0.1) is 6.92 Å². The van der Waals surface area contributed by atoms with E-state index < -0.39 is 12.0 Å². The van der Waals surface area contributed by atoms with Gasteiger partial charge in [-0.25, -0.2) is 4.98 Å². The molecular formula is C10H15N3O2. The molecule has 0 saturated heterocycles. The molecule has 3 N–H and O–H groups in total. The number of nitrogens with two attached hydrogens (primary N) is 1. The van der Waals surface area contributed by atoms with Gasteiger partial charge in [0.1, 0.15) is 11.9 Å². The summed E-state index contributed by atoms with van der Waals surface area (Å²) in [5.74, 6) is -0.1000. The second-order valence-corrected chi connectivity index (χ2v) is 3.99. The van der Waals surface area contributed by atoms with Gasteiger partial charge in [0, 0.05) is 24.4 Å². The largest absolute Gasteiger partial charge is 0.480 e. The Morgan fingerprint density at radius 1 is 1.80 bits per heavy atom. The lowest BCUT2D eigenvalue weighted by atomic mass is 9.89. The third-order valence-corrected chi connectivity index (χ3v) is 3.08. The maximum Gasteiger partial charge on any atom is 0.321 e. The van der Waals surface area contributed by atoms with Gasteiger partial charge in [-0.05, 0) is 19.8 Å². The highest BCUT2D eigenvalue weighted by Crippen LogP contribution is 2.30. The van der Waals surface area contributed by atoms with Crippen molar-refractivity contribution in [3.8, 4) is 0 Å².